The maximum Gasteiger partial charge on any atom is 0.255 e. The predicted octanol–water partition coefficient (Wildman–Crippen LogP) is 4.76. The van der Waals surface area contributed by atoms with Gasteiger partial charge in [0.25, 0.3) is 5.91 Å². The highest BCUT2D eigenvalue weighted by Gasteiger charge is 2.45. The molecule has 0 spiro atoms. The molecular weight excluding hydrogens is 443 g/mol. The van der Waals surface area contributed by atoms with Gasteiger partial charge in [0.05, 0.1) is 6.54 Å². The second-order valence-electron chi connectivity index (χ2n) is 9.17. The van der Waals surface area contributed by atoms with Crippen molar-refractivity contribution in [2.75, 3.05) is 16.3 Å². The van der Waals surface area contributed by atoms with E-state index in [-0.39, 0.29) is 24.4 Å². The Labute approximate surface area is 204 Å². The summed E-state index contributed by atoms with van der Waals surface area (Å²) in [4.78, 5) is 35.0. The standard InChI is InChI=1S/C28H29FN4O2/c29-21-9-6-12-23(16-21)33(26(34)19-31-18-20-8-7-15-30-17-20)27-24-13-4-5-14-25(24)32(28(27)35)22-10-2-1-3-11-22/h4-9,12-17,22,27,31H,1-3,10-11,18-19H2. The Hall–Kier alpha value is -3.58. The number of hydrogen-bond acceptors (Lipinski definition) is 4. The minimum atomic E-state index is -0.831. The predicted molar refractivity (Wildman–Crippen MR) is 133 cm³/mol. The average molecular weight is 473 g/mol. The monoisotopic (exact) mass is 472 g/mol. The zero-order chi connectivity index (χ0) is 24.2. The fourth-order valence-corrected chi connectivity index (χ4v) is 5.25. The normalized spacial score (nSPS) is 17.9. The summed E-state index contributed by atoms with van der Waals surface area (Å²) in [6.45, 7) is 0.459. The van der Waals surface area contributed by atoms with Crippen molar-refractivity contribution in [3.63, 3.8) is 0 Å². The average Bonchev–Trinajstić information content (AvgIpc) is 3.17. The SMILES string of the molecule is O=C1C(N(C(=O)CNCc2cccnc2)c2cccc(F)c2)c2ccccc2N1C1CCCCC1. The van der Waals surface area contributed by atoms with Crippen LogP contribution in [0.2, 0.25) is 0 Å². The molecule has 1 aliphatic heterocycles. The van der Waals surface area contributed by atoms with Gasteiger partial charge in [-0.25, -0.2) is 4.39 Å². The molecule has 1 aromatic heterocycles. The van der Waals surface area contributed by atoms with Crippen LogP contribution in [0, 0.1) is 5.82 Å². The van der Waals surface area contributed by atoms with Crippen molar-refractivity contribution in [3.8, 4) is 0 Å². The topological polar surface area (TPSA) is 65.5 Å². The fraction of sp³-hybridized carbons (Fsp3) is 0.321. The number of nitrogens with one attached hydrogen (secondary N) is 1. The summed E-state index contributed by atoms with van der Waals surface area (Å²) >= 11 is 0. The zero-order valence-corrected chi connectivity index (χ0v) is 19.6. The Morgan fingerprint density at radius 1 is 1.06 bits per heavy atom. The number of carbonyl (C=O) groups excluding carboxylic acids is 2. The molecule has 7 heteroatoms. The summed E-state index contributed by atoms with van der Waals surface area (Å²) in [5.74, 6) is -0.868. The number of halogens is 1. The Balaban J connectivity index is 1.47. The molecule has 6 nitrogen and oxygen atoms in total. The largest absolute Gasteiger partial charge is 0.307 e. The maximum absolute atomic E-state index is 14.3. The quantitative estimate of drug-likeness (QED) is 0.538. The molecule has 1 unspecified atom stereocenters. The summed E-state index contributed by atoms with van der Waals surface area (Å²) in [6.07, 6.45) is 8.70. The number of fused-ring (bicyclic) bond motifs is 1. The fourth-order valence-electron chi connectivity index (χ4n) is 5.25. The summed E-state index contributed by atoms with van der Waals surface area (Å²) < 4.78 is 14.3. The van der Waals surface area contributed by atoms with Crippen LogP contribution in [-0.4, -0.2) is 29.4 Å². The second-order valence-corrected chi connectivity index (χ2v) is 9.17. The van der Waals surface area contributed by atoms with Crippen LogP contribution < -0.4 is 15.1 Å². The lowest BCUT2D eigenvalue weighted by molar-refractivity contribution is -0.124. The molecule has 3 aromatic rings. The van der Waals surface area contributed by atoms with Crippen LogP contribution in [0.25, 0.3) is 0 Å². The highest BCUT2D eigenvalue weighted by atomic mass is 19.1. The summed E-state index contributed by atoms with van der Waals surface area (Å²) in [5, 5.41) is 3.15. The van der Waals surface area contributed by atoms with E-state index in [1.54, 1.807) is 24.5 Å². The number of aromatic nitrogens is 1. The van der Waals surface area contributed by atoms with Gasteiger partial charge in [0, 0.05) is 41.9 Å². The highest BCUT2D eigenvalue weighted by Crippen LogP contribution is 2.44. The number of hydrogen-bond donors (Lipinski definition) is 1. The van der Waals surface area contributed by atoms with Crippen molar-refractivity contribution >= 4 is 23.2 Å². The molecule has 0 bridgehead atoms. The first-order chi connectivity index (χ1) is 17.1. The van der Waals surface area contributed by atoms with Crippen molar-refractivity contribution in [3.05, 3.63) is 90.0 Å². The van der Waals surface area contributed by atoms with Gasteiger partial charge in [-0.1, -0.05) is 49.6 Å². The molecule has 1 aliphatic carbocycles. The molecule has 2 amide bonds. The van der Waals surface area contributed by atoms with E-state index in [9.17, 15) is 14.0 Å². The van der Waals surface area contributed by atoms with Crippen LogP contribution in [0.3, 0.4) is 0 Å². The van der Waals surface area contributed by atoms with Crippen molar-refractivity contribution in [2.24, 2.45) is 0 Å². The molecule has 180 valence electrons. The van der Waals surface area contributed by atoms with Gasteiger partial charge in [0.1, 0.15) is 11.9 Å². The second kappa shape index (κ2) is 10.4. The third kappa shape index (κ3) is 4.82. The third-order valence-corrected chi connectivity index (χ3v) is 6.84. The molecule has 1 saturated carbocycles. The number of carbonyl (C=O) groups is 2. The Bertz CT molecular complexity index is 1200. The molecule has 1 atom stereocenters. The van der Waals surface area contributed by atoms with E-state index in [0.717, 1.165) is 42.5 Å². The number of pyridine rings is 1. The number of amides is 2. The summed E-state index contributed by atoms with van der Waals surface area (Å²) in [6, 6.07) is 16.6. The Morgan fingerprint density at radius 3 is 2.66 bits per heavy atom. The van der Waals surface area contributed by atoms with Gasteiger partial charge in [-0.2, -0.15) is 0 Å². The Kier molecular flexibility index (Phi) is 6.86. The van der Waals surface area contributed by atoms with Crippen LogP contribution in [0.1, 0.15) is 49.3 Å². The van der Waals surface area contributed by atoms with E-state index in [1.165, 1.54) is 23.5 Å². The number of benzene rings is 2. The molecule has 5 rings (SSSR count). The maximum atomic E-state index is 14.3. The number of nitrogens with zero attached hydrogens (tertiary/aromatic N) is 3. The minimum Gasteiger partial charge on any atom is -0.307 e. The lowest BCUT2D eigenvalue weighted by Crippen LogP contribution is -2.47. The van der Waals surface area contributed by atoms with Gasteiger partial charge in [-0.3, -0.25) is 19.5 Å². The van der Waals surface area contributed by atoms with Crippen molar-refractivity contribution in [1.82, 2.24) is 10.3 Å². The molecule has 0 radical (unpaired) electrons. The smallest absolute Gasteiger partial charge is 0.255 e. The molecule has 1 N–H and O–H groups in total. The first kappa shape index (κ1) is 23.2. The molecular formula is C28H29FN4O2. The van der Waals surface area contributed by atoms with E-state index < -0.39 is 11.9 Å². The van der Waals surface area contributed by atoms with Gasteiger partial charge in [0.15, 0.2) is 0 Å². The molecule has 0 saturated heterocycles. The lowest BCUT2D eigenvalue weighted by Gasteiger charge is -2.33. The number of anilines is 2. The van der Waals surface area contributed by atoms with Crippen molar-refractivity contribution in [1.29, 1.82) is 0 Å². The van der Waals surface area contributed by atoms with Crippen LogP contribution in [0.5, 0.6) is 0 Å². The third-order valence-electron chi connectivity index (χ3n) is 6.84. The van der Waals surface area contributed by atoms with Crippen molar-refractivity contribution < 1.29 is 14.0 Å². The molecule has 2 heterocycles. The van der Waals surface area contributed by atoms with E-state index in [1.807, 2.05) is 41.3 Å². The van der Waals surface area contributed by atoms with Gasteiger partial charge >= 0.3 is 0 Å². The van der Waals surface area contributed by atoms with Gasteiger partial charge in [-0.05, 0) is 48.7 Å². The highest BCUT2D eigenvalue weighted by molar-refractivity contribution is 6.12. The van der Waals surface area contributed by atoms with E-state index in [0.29, 0.717) is 12.2 Å². The van der Waals surface area contributed by atoms with Crippen molar-refractivity contribution in [2.45, 2.75) is 50.7 Å². The summed E-state index contributed by atoms with van der Waals surface area (Å²) in [7, 11) is 0. The van der Waals surface area contributed by atoms with Crippen LogP contribution in [-0.2, 0) is 16.1 Å². The zero-order valence-electron chi connectivity index (χ0n) is 19.6. The van der Waals surface area contributed by atoms with E-state index in [2.05, 4.69) is 10.3 Å². The first-order valence-electron chi connectivity index (χ1n) is 12.2. The van der Waals surface area contributed by atoms with Crippen LogP contribution in [0.15, 0.2) is 73.1 Å². The van der Waals surface area contributed by atoms with Crippen LogP contribution in [0.4, 0.5) is 15.8 Å². The summed E-state index contributed by atoms with van der Waals surface area (Å²) in [5.41, 5.74) is 2.96. The number of rotatable bonds is 7. The first-order valence-corrected chi connectivity index (χ1v) is 12.2. The van der Waals surface area contributed by atoms with E-state index >= 15 is 0 Å². The molecule has 1 fully saturated rings. The minimum absolute atomic E-state index is 0.000777. The molecule has 35 heavy (non-hydrogen) atoms. The molecule has 2 aromatic carbocycles. The van der Waals surface area contributed by atoms with Gasteiger partial charge in [0.2, 0.25) is 5.91 Å². The van der Waals surface area contributed by atoms with Gasteiger partial charge in [-0.15, -0.1) is 0 Å². The Morgan fingerprint density at radius 2 is 1.89 bits per heavy atom. The molecule has 2 aliphatic rings. The van der Waals surface area contributed by atoms with Gasteiger partial charge < -0.3 is 10.2 Å². The lowest BCUT2D eigenvalue weighted by atomic mass is 9.94. The number of para-hydroxylation sites is 1. The van der Waals surface area contributed by atoms with Crippen LogP contribution >= 0.6 is 0 Å². The van der Waals surface area contributed by atoms with E-state index in [4.69, 9.17) is 0 Å².